The molecule has 2 aliphatic carbocycles. The Morgan fingerprint density at radius 2 is 1.39 bits per heavy atom. The summed E-state index contributed by atoms with van der Waals surface area (Å²) in [6.45, 7) is 0. The van der Waals surface area contributed by atoms with Crippen LogP contribution in [0.15, 0.2) is 66.7 Å². The molecule has 0 saturated carbocycles. The highest BCUT2D eigenvalue weighted by molar-refractivity contribution is 5.76. The maximum atomic E-state index is 12.6. The smallest absolute Gasteiger partial charge is 0.314 e. The summed E-state index contributed by atoms with van der Waals surface area (Å²) in [5.41, 5.74) is 7.65. The van der Waals surface area contributed by atoms with Crippen molar-refractivity contribution in [1.82, 2.24) is 0 Å². The molecule has 2 heteroatoms. The minimum atomic E-state index is -0.131. The van der Waals surface area contributed by atoms with E-state index in [2.05, 4.69) is 48.2 Å². The third-order valence-electron chi connectivity index (χ3n) is 6.43. The third kappa shape index (κ3) is 4.57. The first kappa shape index (κ1) is 19.6. The van der Waals surface area contributed by atoms with Crippen LogP contribution < -0.4 is 4.74 Å². The van der Waals surface area contributed by atoms with Crippen LogP contribution in [-0.4, -0.2) is 5.97 Å². The molecule has 1 unspecified atom stereocenters. The van der Waals surface area contributed by atoms with Gasteiger partial charge in [-0.1, -0.05) is 42.2 Å². The highest BCUT2D eigenvalue weighted by Gasteiger charge is 2.26. The summed E-state index contributed by atoms with van der Waals surface area (Å²) in [4.78, 5) is 12.6. The van der Waals surface area contributed by atoms with Crippen LogP contribution >= 0.6 is 0 Å². The van der Waals surface area contributed by atoms with Crippen molar-refractivity contribution in [2.24, 2.45) is 5.92 Å². The molecule has 0 radical (unpaired) electrons. The molecule has 2 nitrogen and oxygen atoms in total. The first-order valence-electron chi connectivity index (χ1n) is 11.3. The molecule has 3 aromatic carbocycles. The quantitative estimate of drug-likeness (QED) is 0.311. The van der Waals surface area contributed by atoms with Gasteiger partial charge in [0.25, 0.3) is 0 Å². The van der Waals surface area contributed by atoms with Crippen LogP contribution in [0.4, 0.5) is 0 Å². The van der Waals surface area contributed by atoms with Crippen LogP contribution in [0.5, 0.6) is 5.75 Å². The zero-order chi connectivity index (χ0) is 21.0. The van der Waals surface area contributed by atoms with Crippen molar-refractivity contribution in [3.05, 3.63) is 100 Å². The first-order chi connectivity index (χ1) is 15.2. The topological polar surface area (TPSA) is 26.3 Å². The molecule has 0 bridgehead atoms. The summed E-state index contributed by atoms with van der Waals surface area (Å²) in [5.74, 6) is 7.09. The standard InChI is InChI=1S/C29H26O2/c30-29(31-28-8-2-1-3-9-28)27-17-16-25-19-22(13-15-26(25)20-27)11-10-21-12-14-23-6-4-5-7-24(23)18-21/h1-3,8-9,12-15,18-19,27H,4-7,16-17,20H2. The van der Waals surface area contributed by atoms with Crippen LogP contribution in [0.1, 0.15) is 52.6 Å². The van der Waals surface area contributed by atoms with Crippen molar-refractivity contribution >= 4 is 5.97 Å². The Bertz CT molecular complexity index is 1160. The number of para-hydroxylation sites is 1. The predicted molar refractivity (Wildman–Crippen MR) is 123 cm³/mol. The van der Waals surface area contributed by atoms with E-state index < -0.39 is 0 Å². The molecule has 0 amide bonds. The average Bonchev–Trinajstić information content (AvgIpc) is 2.82. The Balaban J connectivity index is 1.27. The van der Waals surface area contributed by atoms with Crippen LogP contribution in [0, 0.1) is 17.8 Å². The SMILES string of the molecule is O=C(Oc1ccccc1)C1CCc2cc(C#Cc3ccc4c(c3)CCCC4)ccc2C1. The van der Waals surface area contributed by atoms with Gasteiger partial charge in [0, 0.05) is 11.1 Å². The third-order valence-corrected chi connectivity index (χ3v) is 6.43. The lowest BCUT2D eigenvalue weighted by Gasteiger charge is -2.23. The van der Waals surface area contributed by atoms with Crippen LogP contribution in [0.25, 0.3) is 0 Å². The number of carbonyl (C=O) groups is 1. The zero-order valence-electron chi connectivity index (χ0n) is 17.7. The second-order valence-corrected chi connectivity index (χ2v) is 8.60. The minimum absolute atomic E-state index is 0.0832. The van der Waals surface area contributed by atoms with E-state index >= 15 is 0 Å². The van der Waals surface area contributed by atoms with Gasteiger partial charge in [-0.15, -0.1) is 0 Å². The summed E-state index contributed by atoms with van der Waals surface area (Å²) in [6.07, 6.45) is 7.41. The zero-order valence-corrected chi connectivity index (χ0v) is 17.7. The summed E-state index contributed by atoms with van der Waals surface area (Å²) >= 11 is 0. The Morgan fingerprint density at radius 1 is 0.742 bits per heavy atom. The number of aryl methyl sites for hydroxylation is 3. The predicted octanol–water partition coefficient (Wildman–Crippen LogP) is 5.68. The molecule has 1 atom stereocenters. The Morgan fingerprint density at radius 3 is 2.13 bits per heavy atom. The molecule has 31 heavy (non-hydrogen) atoms. The van der Waals surface area contributed by atoms with Gasteiger partial charge >= 0.3 is 5.97 Å². The second kappa shape index (κ2) is 8.82. The molecular weight excluding hydrogens is 380 g/mol. The molecule has 0 saturated heterocycles. The fraction of sp³-hybridized carbons (Fsp3) is 0.276. The van der Waals surface area contributed by atoms with Gasteiger partial charge in [-0.2, -0.15) is 0 Å². The van der Waals surface area contributed by atoms with Gasteiger partial charge in [-0.3, -0.25) is 4.79 Å². The number of benzene rings is 3. The molecular formula is C29H26O2. The molecule has 0 spiro atoms. The molecule has 0 heterocycles. The normalized spacial score (nSPS) is 17.0. The van der Waals surface area contributed by atoms with Crippen molar-refractivity contribution < 1.29 is 9.53 Å². The van der Waals surface area contributed by atoms with E-state index in [0.29, 0.717) is 5.75 Å². The monoisotopic (exact) mass is 406 g/mol. The van der Waals surface area contributed by atoms with Crippen LogP contribution in [0.3, 0.4) is 0 Å². The minimum Gasteiger partial charge on any atom is -0.426 e. The van der Waals surface area contributed by atoms with Crippen molar-refractivity contribution in [3.8, 4) is 17.6 Å². The van der Waals surface area contributed by atoms with Gasteiger partial charge in [0.05, 0.1) is 5.92 Å². The fourth-order valence-corrected chi connectivity index (χ4v) is 4.68. The van der Waals surface area contributed by atoms with E-state index in [0.717, 1.165) is 30.4 Å². The van der Waals surface area contributed by atoms with Gasteiger partial charge < -0.3 is 4.74 Å². The van der Waals surface area contributed by atoms with Gasteiger partial charge in [-0.25, -0.2) is 0 Å². The van der Waals surface area contributed by atoms with Crippen LogP contribution in [-0.2, 0) is 30.5 Å². The number of hydrogen-bond acceptors (Lipinski definition) is 2. The highest BCUT2D eigenvalue weighted by Crippen LogP contribution is 2.28. The molecule has 0 aromatic heterocycles. The molecule has 5 rings (SSSR count). The van der Waals surface area contributed by atoms with E-state index in [1.807, 2.05) is 30.3 Å². The van der Waals surface area contributed by atoms with Gasteiger partial charge in [-0.05, 0) is 104 Å². The Labute approximate surface area is 184 Å². The Hall–Kier alpha value is -3.31. The summed E-state index contributed by atoms with van der Waals surface area (Å²) in [7, 11) is 0. The summed E-state index contributed by atoms with van der Waals surface area (Å²) in [5, 5.41) is 0. The van der Waals surface area contributed by atoms with E-state index in [-0.39, 0.29) is 11.9 Å². The lowest BCUT2D eigenvalue weighted by molar-refractivity contribution is -0.139. The fourth-order valence-electron chi connectivity index (χ4n) is 4.68. The van der Waals surface area contributed by atoms with Gasteiger partial charge in [0.2, 0.25) is 0 Å². The molecule has 154 valence electrons. The number of esters is 1. The van der Waals surface area contributed by atoms with E-state index in [9.17, 15) is 4.79 Å². The van der Waals surface area contributed by atoms with Crippen molar-refractivity contribution in [1.29, 1.82) is 0 Å². The second-order valence-electron chi connectivity index (χ2n) is 8.60. The first-order valence-corrected chi connectivity index (χ1v) is 11.3. The number of ether oxygens (including phenoxy) is 1. The van der Waals surface area contributed by atoms with Crippen molar-refractivity contribution in [2.75, 3.05) is 0 Å². The van der Waals surface area contributed by atoms with Crippen molar-refractivity contribution in [3.63, 3.8) is 0 Å². The molecule has 2 aliphatic rings. The Kier molecular flexibility index (Phi) is 5.59. The van der Waals surface area contributed by atoms with E-state index in [4.69, 9.17) is 4.74 Å². The van der Waals surface area contributed by atoms with E-state index in [1.165, 1.54) is 47.9 Å². The lowest BCUT2D eigenvalue weighted by atomic mass is 9.83. The van der Waals surface area contributed by atoms with Gasteiger partial charge in [0.15, 0.2) is 0 Å². The number of carbonyl (C=O) groups excluding carboxylic acids is 1. The molecule has 3 aromatic rings. The molecule has 0 aliphatic heterocycles. The number of hydrogen-bond donors (Lipinski definition) is 0. The van der Waals surface area contributed by atoms with Gasteiger partial charge in [0.1, 0.15) is 5.75 Å². The molecule has 0 N–H and O–H groups in total. The number of rotatable bonds is 2. The number of fused-ring (bicyclic) bond motifs is 2. The summed E-state index contributed by atoms with van der Waals surface area (Å²) in [6, 6.07) is 22.4. The summed E-state index contributed by atoms with van der Waals surface area (Å²) < 4.78 is 5.56. The molecule has 0 fully saturated rings. The van der Waals surface area contributed by atoms with Crippen LogP contribution in [0.2, 0.25) is 0 Å². The highest BCUT2D eigenvalue weighted by atomic mass is 16.5. The maximum Gasteiger partial charge on any atom is 0.314 e. The average molecular weight is 407 g/mol. The lowest BCUT2D eigenvalue weighted by Crippen LogP contribution is -2.26. The van der Waals surface area contributed by atoms with E-state index in [1.54, 1.807) is 0 Å². The largest absolute Gasteiger partial charge is 0.426 e. The maximum absolute atomic E-state index is 12.6. The van der Waals surface area contributed by atoms with Crippen molar-refractivity contribution in [2.45, 2.75) is 44.9 Å².